The van der Waals surface area contributed by atoms with Crippen LogP contribution in [0, 0.1) is 12.7 Å². The van der Waals surface area contributed by atoms with Gasteiger partial charge in [0.05, 0.1) is 29.9 Å². The molecular weight excluding hydrogens is 373 g/mol. The number of benzene rings is 2. The lowest BCUT2D eigenvalue weighted by molar-refractivity contribution is 0.0526. The van der Waals surface area contributed by atoms with Crippen molar-refractivity contribution < 1.29 is 27.1 Å². The summed E-state index contributed by atoms with van der Waals surface area (Å²) in [5.74, 6) is -1.35. The normalized spacial score (nSPS) is 11.1. The molecule has 2 aromatic rings. The number of hydrogen-bond acceptors (Lipinski definition) is 5. The number of nitrogens with zero attached hydrogens (tertiary/aromatic N) is 1. The van der Waals surface area contributed by atoms with E-state index in [1.165, 1.54) is 25.3 Å². The summed E-state index contributed by atoms with van der Waals surface area (Å²) in [5, 5.41) is 0. The van der Waals surface area contributed by atoms with E-state index >= 15 is 0 Å². The molecule has 0 aromatic heterocycles. The zero-order valence-corrected chi connectivity index (χ0v) is 16.5. The summed E-state index contributed by atoms with van der Waals surface area (Å²) >= 11 is 0. The highest BCUT2D eigenvalue weighted by Crippen LogP contribution is 2.29. The van der Waals surface area contributed by atoms with Crippen molar-refractivity contribution in [3.8, 4) is 5.75 Å². The molecule has 0 N–H and O–H groups in total. The van der Waals surface area contributed by atoms with Crippen molar-refractivity contribution in [2.45, 2.75) is 25.7 Å². The van der Waals surface area contributed by atoms with E-state index in [9.17, 15) is 17.6 Å². The summed E-state index contributed by atoms with van der Waals surface area (Å²) in [7, 11) is -2.74. The first-order chi connectivity index (χ1) is 12.8. The molecule has 146 valence electrons. The Bertz CT molecular complexity index is 943. The number of ether oxygens (including phenoxy) is 2. The Kier molecular flexibility index (Phi) is 6.43. The first-order valence-corrected chi connectivity index (χ1v) is 9.84. The minimum atomic E-state index is -4.04. The summed E-state index contributed by atoms with van der Waals surface area (Å²) in [4.78, 5) is 11.8. The molecule has 0 fully saturated rings. The number of aryl methyl sites for hydroxylation is 1. The van der Waals surface area contributed by atoms with Gasteiger partial charge in [0.15, 0.2) is 11.6 Å². The highest BCUT2D eigenvalue weighted by molar-refractivity contribution is 7.92. The monoisotopic (exact) mass is 395 g/mol. The van der Waals surface area contributed by atoms with Crippen LogP contribution in [0.4, 0.5) is 10.1 Å². The predicted octanol–water partition coefficient (Wildman–Crippen LogP) is 3.53. The Morgan fingerprint density at radius 3 is 2.41 bits per heavy atom. The summed E-state index contributed by atoms with van der Waals surface area (Å²) < 4.78 is 51.1. The molecule has 0 aliphatic carbocycles. The van der Waals surface area contributed by atoms with Gasteiger partial charge < -0.3 is 9.47 Å². The van der Waals surface area contributed by atoms with Gasteiger partial charge in [-0.1, -0.05) is 6.07 Å². The molecule has 0 spiro atoms. The third-order valence-electron chi connectivity index (χ3n) is 3.99. The largest absolute Gasteiger partial charge is 0.494 e. The average Bonchev–Trinajstić information content (AvgIpc) is 2.63. The van der Waals surface area contributed by atoms with E-state index in [4.69, 9.17) is 9.47 Å². The van der Waals surface area contributed by atoms with Gasteiger partial charge in [-0.15, -0.1) is 0 Å². The highest BCUT2D eigenvalue weighted by Gasteiger charge is 2.26. The Morgan fingerprint density at radius 2 is 1.85 bits per heavy atom. The van der Waals surface area contributed by atoms with Gasteiger partial charge >= 0.3 is 5.97 Å². The van der Waals surface area contributed by atoms with Gasteiger partial charge in [0.1, 0.15) is 0 Å². The summed E-state index contributed by atoms with van der Waals surface area (Å²) in [6.45, 7) is 5.39. The summed E-state index contributed by atoms with van der Waals surface area (Å²) in [5.41, 5.74) is 1.23. The van der Waals surface area contributed by atoms with Crippen LogP contribution in [0.5, 0.6) is 5.75 Å². The van der Waals surface area contributed by atoms with Gasteiger partial charge in [0.25, 0.3) is 10.0 Å². The molecule has 0 heterocycles. The first-order valence-electron chi connectivity index (χ1n) is 8.40. The number of halogens is 1. The number of carbonyl (C=O) groups is 1. The van der Waals surface area contributed by atoms with Crippen LogP contribution in [-0.4, -0.2) is 34.6 Å². The molecule has 27 heavy (non-hydrogen) atoms. The lowest BCUT2D eigenvalue weighted by atomic mass is 10.1. The van der Waals surface area contributed by atoms with Crippen LogP contribution < -0.4 is 9.04 Å². The topological polar surface area (TPSA) is 72.9 Å². The van der Waals surface area contributed by atoms with Crippen LogP contribution in [0.2, 0.25) is 0 Å². The quantitative estimate of drug-likeness (QED) is 0.671. The zero-order valence-electron chi connectivity index (χ0n) is 15.7. The molecule has 6 nitrogen and oxygen atoms in total. The molecule has 0 atom stereocenters. The number of esters is 1. The van der Waals surface area contributed by atoms with E-state index in [1.807, 2.05) is 0 Å². The van der Waals surface area contributed by atoms with Crippen molar-refractivity contribution in [1.29, 1.82) is 0 Å². The van der Waals surface area contributed by atoms with Crippen LogP contribution in [0.1, 0.15) is 29.8 Å². The molecule has 0 aliphatic rings. The SMILES string of the molecule is CCOC(=O)c1ccc(C)c(N(CC)S(=O)(=O)c2ccc(OC)c(F)c2)c1. The summed E-state index contributed by atoms with van der Waals surface area (Å²) in [6, 6.07) is 8.15. The second-order valence-electron chi connectivity index (χ2n) is 5.69. The molecule has 2 aromatic carbocycles. The minimum absolute atomic E-state index is 0.0440. The van der Waals surface area contributed by atoms with Gasteiger partial charge in [-0.3, -0.25) is 4.31 Å². The second-order valence-corrected chi connectivity index (χ2v) is 7.55. The Balaban J connectivity index is 2.53. The van der Waals surface area contributed by atoms with Gasteiger partial charge in [-0.2, -0.15) is 0 Å². The highest BCUT2D eigenvalue weighted by atomic mass is 32.2. The summed E-state index contributed by atoms with van der Waals surface area (Å²) in [6.07, 6.45) is 0. The first kappa shape index (κ1) is 20.7. The third kappa shape index (κ3) is 4.21. The maximum absolute atomic E-state index is 14.0. The maximum Gasteiger partial charge on any atom is 0.338 e. The minimum Gasteiger partial charge on any atom is -0.494 e. The van der Waals surface area contributed by atoms with E-state index < -0.39 is 21.8 Å². The lowest BCUT2D eigenvalue weighted by Crippen LogP contribution is -2.31. The molecule has 0 saturated carbocycles. The predicted molar refractivity (Wildman–Crippen MR) is 100 cm³/mol. The fraction of sp³-hybridized carbons (Fsp3) is 0.316. The molecule has 0 aliphatic heterocycles. The van der Waals surface area contributed by atoms with Crippen molar-refractivity contribution in [1.82, 2.24) is 0 Å². The van der Waals surface area contributed by atoms with E-state index in [-0.39, 0.29) is 29.4 Å². The van der Waals surface area contributed by atoms with Crippen molar-refractivity contribution in [2.75, 3.05) is 24.6 Å². The third-order valence-corrected chi connectivity index (χ3v) is 5.87. The standard InChI is InChI=1S/C19H22FNO5S/c1-5-21(17-11-14(8-7-13(17)3)19(22)26-6-2)27(23,24)15-9-10-18(25-4)16(20)12-15/h7-12H,5-6H2,1-4H3. The van der Waals surface area contributed by atoms with E-state index in [0.29, 0.717) is 11.3 Å². The number of carbonyl (C=O) groups excluding carboxylic acids is 1. The molecule has 0 unspecified atom stereocenters. The molecule has 0 amide bonds. The number of anilines is 1. The Hall–Kier alpha value is -2.61. The van der Waals surface area contributed by atoms with Crippen molar-refractivity contribution in [3.05, 3.63) is 53.3 Å². The van der Waals surface area contributed by atoms with E-state index in [2.05, 4.69) is 0 Å². The smallest absolute Gasteiger partial charge is 0.338 e. The van der Waals surface area contributed by atoms with Crippen LogP contribution in [0.3, 0.4) is 0 Å². The lowest BCUT2D eigenvalue weighted by Gasteiger charge is -2.25. The van der Waals surface area contributed by atoms with Crippen LogP contribution in [0.15, 0.2) is 41.3 Å². The van der Waals surface area contributed by atoms with Crippen LogP contribution in [-0.2, 0) is 14.8 Å². The van der Waals surface area contributed by atoms with Gasteiger partial charge in [-0.25, -0.2) is 17.6 Å². The fourth-order valence-electron chi connectivity index (χ4n) is 2.62. The number of methoxy groups -OCH3 is 1. The van der Waals surface area contributed by atoms with Crippen molar-refractivity contribution in [2.24, 2.45) is 0 Å². The Labute approximate surface area is 158 Å². The van der Waals surface area contributed by atoms with Crippen molar-refractivity contribution in [3.63, 3.8) is 0 Å². The zero-order chi connectivity index (χ0) is 20.2. The molecule has 8 heteroatoms. The fourth-order valence-corrected chi connectivity index (χ4v) is 4.17. The molecule has 2 rings (SSSR count). The van der Waals surface area contributed by atoms with Gasteiger partial charge in [0, 0.05) is 6.54 Å². The number of hydrogen-bond donors (Lipinski definition) is 0. The average molecular weight is 395 g/mol. The van der Waals surface area contributed by atoms with E-state index in [1.54, 1.807) is 32.9 Å². The maximum atomic E-state index is 14.0. The molecular formula is C19H22FNO5S. The Morgan fingerprint density at radius 1 is 1.15 bits per heavy atom. The molecule has 0 saturated heterocycles. The van der Waals surface area contributed by atoms with Crippen molar-refractivity contribution >= 4 is 21.7 Å². The molecule has 0 bridgehead atoms. The van der Waals surface area contributed by atoms with Crippen LogP contribution in [0.25, 0.3) is 0 Å². The number of rotatable bonds is 7. The second kappa shape index (κ2) is 8.39. The van der Waals surface area contributed by atoms with Gasteiger partial charge in [-0.05, 0) is 56.7 Å². The molecule has 0 radical (unpaired) electrons. The number of sulfonamides is 1. The van der Waals surface area contributed by atoms with Crippen LogP contribution >= 0.6 is 0 Å². The van der Waals surface area contributed by atoms with E-state index in [0.717, 1.165) is 10.4 Å². The van der Waals surface area contributed by atoms with Gasteiger partial charge in [0.2, 0.25) is 0 Å².